The van der Waals surface area contributed by atoms with Crippen molar-refractivity contribution in [2.45, 2.75) is 6.18 Å². The number of aromatic amines is 1. The van der Waals surface area contributed by atoms with Crippen LogP contribution in [0, 0.1) is 0 Å². The van der Waals surface area contributed by atoms with Gasteiger partial charge >= 0.3 is 6.18 Å². The lowest BCUT2D eigenvalue weighted by molar-refractivity contribution is -0.137. The zero-order valence-corrected chi connectivity index (χ0v) is 15.2. The summed E-state index contributed by atoms with van der Waals surface area (Å²) in [5.74, 6) is -0.0150. The Kier molecular flexibility index (Phi) is 4.78. The van der Waals surface area contributed by atoms with Gasteiger partial charge in [0.1, 0.15) is 11.6 Å². The third kappa shape index (κ3) is 3.90. The molecule has 2 N–H and O–H groups in total. The normalized spacial score (nSPS) is 12.0. The van der Waals surface area contributed by atoms with Gasteiger partial charge in [0, 0.05) is 0 Å². The maximum Gasteiger partial charge on any atom is 0.416 e. The number of alkyl halides is 3. The van der Waals surface area contributed by atoms with Gasteiger partial charge in [0.25, 0.3) is 5.56 Å². The first-order chi connectivity index (χ1) is 14.3. The third-order valence-electron chi connectivity index (χ3n) is 4.30. The Balaban J connectivity index is 1.71. The Morgan fingerprint density at radius 3 is 2.40 bits per heavy atom. The summed E-state index contributed by atoms with van der Waals surface area (Å²) in [6.07, 6.45) is -4.48. The first-order valence-electron chi connectivity index (χ1n) is 8.73. The Morgan fingerprint density at radius 2 is 1.63 bits per heavy atom. The molecule has 150 valence electrons. The highest BCUT2D eigenvalue weighted by Crippen LogP contribution is 2.33. The molecule has 6 nitrogen and oxygen atoms in total. The monoisotopic (exact) mass is 410 g/mol. The van der Waals surface area contributed by atoms with Crippen LogP contribution in [0.5, 0.6) is 5.75 Å². The van der Waals surface area contributed by atoms with Crippen LogP contribution in [0.1, 0.15) is 5.56 Å². The molecule has 0 amide bonds. The SMILES string of the molecule is O=c1[nH]c(-c2cc(N=Nc3cccc(C(F)(F)F)c3)ccc2O)nc2ccccc12. The lowest BCUT2D eigenvalue weighted by atomic mass is 10.1. The van der Waals surface area contributed by atoms with Crippen molar-refractivity contribution in [1.82, 2.24) is 9.97 Å². The summed E-state index contributed by atoms with van der Waals surface area (Å²) in [5, 5.41) is 18.4. The topological polar surface area (TPSA) is 90.7 Å². The van der Waals surface area contributed by atoms with Crippen LogP contribution in [-0.2, 0) is 6.18 Å². The molecule has 1 heterocycles. The fourth-order valence-corrected chi connectivity index (χ4v) is 2.85. The van der Waals surface area contributed by atoms with E-state index < -0.39 is 11.7 Å². The molecule has 0 atom stereocenters. The number of nitrogens with one attached hydrogen (secondary N) is 1. The molecule has 0 saturated carbocycles. The standard InChI is InChI=1S/C21H13F3N4O2/c22-21(23,24)12-4-3-5-13(10-12)27-28-14-8-9-18(29)16(11-14)19-25-17-7-2-1-6-15(17)20(30)26-19/h1-11,29H,(H,25,26,30). The molecule has 4 rings (SSSR count). The van der Waals surface area contributed by atoms with E-state index in [2.05, 4.69) is 20.2 Å². The van der Waals surface area contributed by atoms with Crippen LogP contribution in [0.15, 0.2) is 81.8 Å². The van der Waals surface area contributed by atoms with Gasteiger partial charge in [-0.15, -0.1) is 0 Å². The lowest BCUT2D eigenvalue weighted by Crippen LogP contribution is -2.09. The molecule has 30 heavy (non-hydrogen) atoms. The van der Waals surface area contributed by atoms with Gasteiger partial charge in [0.05, 0.1) is 33.4 Å². The van der Waals surface area contributed by atoms with Crippen LogP contribution in [0.25, 0.3) is 22.3 Å². The van der Waals surface area contributed by atoms with Crippen molar-refractivity contribution >= 4 is 22.3 Å². The van der Waals surface area contributed by atoms with E-state index >= 15 is 0 Å². The second-order valence-corrected chi connectivity index (χ2v) is 6.38. The summed E-state index contributed by atoms with van der Waals surface area (Å²) in [4.78, 5) is 19.2. The molecule has 3 aromatic carbocycles. The minimum absolute atomic E-state index is 0.0247. The van der Waals surface area contributed by atoms with Crippen LogP contribution in [-0.4, -0.2) is 15.1 Å². The smallest absolute Gasteiger partial charge is 0.416 e. The summed E-state index contributed by atoms with van der Waals surface area (Å²) in [6.45, 7) is 0. The van der Waals surface area contributed by atoms with Crippen LogP contribution in [0.2, 0.25) is 0 Å². The van der Waals surface area contributed by atoms with Gasteiger partial charge in [0.2, 0.25) is 0 Å². The number of phenols is 1. The summed E-state index contributed by atoms with van der Waals surface area (Å²) >= 11 is 0. The lowest BCUT2D eigenvalue weighted by Gasteiger charge is -2.07. The zero-order chi connectivity index (χ0) is 21.3. The molecule has 0 aliphatic rings. The van der Waals surface area contributed by atoms with Gasteiger partial charge in [-0.25, -0.2) is 4.98 Å². The predicted molar refractivity (Wildman–Crippen MR) is 105 cm³/mol. The van der Waals surface area contributed by atoms with E-state index in [4.69, 9.17) is 0 Å². The molecule has 0 unspecified atom stereocenters. The highest BCUT2D eigenvalue weighted by molar-refractivity contribution is 5.80. The van der Waals surface area contributed by atoms with Gasteiger partial charge in [-0.1, -0.05) is 18.2 Å². The molecule has 0 aliphatic carbocycles. The molecule has 0 radical (unpaired) electrons. The molecular weight excluding hydrogens is 397 g/mol. The average molecular weight is 410 g/mol. The van der Waals surface area contributed by atoms with Crippen molar-refractivity contribution in [2.24, 2.45) is 10.2 Å². The van der Waals surface area contributed by atoms with Crippen molar-refractivity contribution in [2.75, 3.05) is 0 Å². The van der Waals surface area contributed by atoms with Gasteiger partial charge in [-0.2, -0.15) is 23.4 Å². The predicted octanol–water partition coefficient (Wildman–Crippen LogP) is 5.73. The van der Waals surface area contributed by atoms with E-state index in [0.717, 1.165) is 12.1 Å². The molecule has 0 bridgehead atoms. The van der Waals surface area contributed by atoms with Gasteiger partial charge in [-0.3, -0.25) is 4.79 Å². The number of aromatic nitrogens is 2. The highest BCUT2D eigenvalue weighted by Gasteiger charge is 2.30. The number of rotatable bonds is 3. The van der Waals surface area contributed by atoms with Crippen LogP contribution < -0.4 is 5.56 Å². The summed E-state index contributed by atoms with van der Waals surface area (Å²) in [6, 6.07) is 15.4. The fourth-order valence-electron chi connectivity index (χ4n) is 2.85. The number of para-hydroxylation sites is 1. The van der Waals surface area contributed by atoms with E-state index in [1.807, 2.05) is 0 Å². The highest BCUT2D eigenvalue weighted by atomic mass is 19.4. The second kappa shape index (κ2) is 7.43. The van der Waals surface area contributed by atoms with E-state index in [9.17, 15) is 23.1 Å². The average Bonchev–Trinajstić information content (AvgIpc) is 2.73. The van der Waals surface area contributed by atoms with Crippen molar-refractivity contribution in [3.05, 3.63) is 82.6 Å². The first-order valence-corrected chi connectivity index (χ1v) is 8.73. The molecule has 4 aromatic rings. The van der Waals surface area contributed by atoms with Crippen LogP contribution in [0.3, 0.4) is 0 Å². The zero-order valence-electron chi connectivity index (χ0n) is 15.2. The van der Waals surface area contributed by atoms with Crippen LogP contribution >= 0.6 is 0 Å². The number of benzene rings is 3. The molecule has 9 heteroatoms. The van der Waals surface area contributed by atoms with E-state index in [1.165, 1.54) is 30.3 Å². The number of halogens is 3. The van der Waals surface area contributed by atoms with Gasteiger partial charge < -0.3 is 10.1 Å². The maximum absolute atomic E-state index is 12.8. The first kappa shape index (κ1) is 19.3. The number of phenolic OH excluding ortho intramolecular Hbond substituents is 1. The molecule has 1 aromatic heterocycles. The summed E-state index contributed by atoms with van der Waals surface area (Å²) in [7, 11) is 0. The molecular formula is C21H13F3N4O2. The van der Waals surface area contributed by atoms with E-state index in [0.29, 0.717) is 10.9 Å². The third-order valence-corrected chi connectivity index (χ3v) is 4.30. The second-order valence-electron chi connectivity index (χ2n) is 6.38. The fraction of sp³-hybridized carbons (Fsp3) is 0.0476. The maximum atomic E-state index is 12.8. The number of nitrogens with zero attached hydrogens (tertiary/aromatic N) is 3. The van der Waals surface area contributed by atoms with Crippen LogP contribution in [0.4, 0.5) is 24.5 Å². The van der Waals surface area contributed by atoms with Crippen molar-refractivity contribution in [3.63, 3.8) is 0 Å². The van der Waals surface area contributed by atoms with E-state index in [-0.39, 0.29) is 34.1 Å². The largest absolute Gasteiger partial charge is 0.507 e. The number of hydrogen-bond donors (Lipinski definition) is 2. The van der Waals surface area contributed by atoms with Crippen molar-refractivity contribution in [1.29, 1.82) is 0 Å². The van der Waals surface area contributed by atoms with Gasteiger partial charge in [0.15, 0.2) is 0 Å². The molecule has 0 saturated heterocycles. The minimum atomic E-state index is -4.48. The van der Waals surface area contributed by atoms with E-state index in [1.54, 1.807) is 24.3 Å². The number of azo groups is 1. The van der Waals surface area contributed by atoms with Gasteiger partial charge in [-0.05, 0) is 48.5 Å². The number of H-pyrrole nitrogens is 1. The number of hydrogen-bond acceptors (Lipinski definition) is 5. The number of aromatic hydroxyl groups is 1. The summed E-state index contributed by atoms with van der Waals surface area (Å²) in [5.41, 5.74) is -0.257. The quantitative estimate of drug-likeness (QED) is 0.423. The van der Waals surface area contributed by atoms with Crippen molar-refractivity contribution < 1.29 is 18.3 Å². The Morgan fingerprint density at radius 1 is 0.900 bits per heavy atom. The summed E-state index contributed by atoms with van der Waals surface area (Å²) < 4.78 is 38.5. The molecule has 0 aliphatic heterocycles. The Hall–Kier alpha value is -4.01. The molecule has 0 spiro atoms. The minimum Gasteiger partial charge on any atom is -0.507 e. The Bertz CT molecular complexity index is 1330. The molecule has 0 fully saturated rings. The Labute approximate surface area is 167 Å². The van der Waals surface area contributed by atoms with Crippen molar-refractivity contribution in [3.8, 4) is 17.1 Å². The number of fused-ring (bicyclic) bond motifs is 1.